The molecule has 0 unspecified atom stereocenters. The van der Waals surface area contributed by atoms with Crippen LogP contribution in [0.25, 0.3) is 0 Å². The first-order valence-corrected chi connectivity index (χ1v) is 8.29. The average molecular weight is 326 g/mol. The van der Waals surface area contributed by atoms with Gasteiger partial charge in [-0.1, -0.05) is 17.7 Å². The summed E-state index contributed by atoms with van der Waals surface area (Å²) < 4.78 is 26.7. The number of aromatic nitrogens is 2. The fourth-order valence-corrected chi connectivity index (χ4v) is 3.26. The Balaban J connectivity index is 2.02. The molecule has 1 aromatic carbocycles. The molecule has 1 aromatic heterocycles. The van der Waals surface area contributed by atoms with Crippen LogP contribution >= 0.6 is 11.6 Å². The van der Waals surface area contributed by atoms with Crippen molar-refractivity contribution in [1.82, 2.24) is 14.7 Å². The van der Waals surface area contributed by atoms with Gasteiger partial charge in [-0.05, 0) is 38.1 Å². The summed E-state index contributed by atoms with van der Waals surface area (Å²) in [6.07, 6.45) is 0.433. The smallest absolute Gasteiger partial charge is 0.238 e. The quantitative estimate of drug-likeness (QED) is 0.915. The van der Waals surface area contributed by atoms with Gasteiger partial charge in [0.25, 0.3) is 0 Å². The highest BCUT2D eigenvalue weighted by molar-refractivity contribution is 7.89. The Morgan fingerprint density at radius 3 is 2.43 bits per heavy atom. The number of aryl methyl sites for hydroxylation is 2. The van der Waals surface area contributed by atoms with Crippen LogP contribution in [0.4, 0.5) is 0 Å². The summed E-state index contributed by atoms with van der Waals surface area (Å²) in [4.78, 5) is 8.70. The zero-order chi connectivity index (χ0) is 15.5. The van der Waals surface area contributed by atoms with Gasteiger partial charge < -0.3 is 0 Å². The summed E-state index contributed by atoms with van der Waals surface area (Å²) in [6, 6.07) is 8.02. The largest absolute Gasteiger partial charge is 0.240 e. The topological polar surface area (TPSA) is 72.0 Å². The van der Waals surface area contributed by atoms with Crippen LogP contribution in [0.1, 0.15) is 17.2 Å². The van der Waals surface area contributed by atoms with Crippen molar-refractivity contribution in [3.8, 4) is 0 Å². The van der Waals surface area contributed by atoms with Crippen molar-refractivity contribution in [3.63, 3.8) is 0 Å². The molecule has 7 heteroatoms. The van der Waals surface area contributed by atoms with Crippen LogP contribution in [-0.2, 0) is 16.4 Å². The van der Waals surface area contributed by atoms with E-state index in [4.69, 9.17) is 11.6 Å². The van der Waals surface area contributed by atoms with E-state index in [0.29, 0.717) is 17.3 Å². The maximum atomic E-state index is 12.1. The van der Waals surface area contributed by atoms with Crippen LogP contribution < -0.4 is 4.72 Å². The average Bonchev–Trinajstić information content (AvgIpc) is 2.37. The number of halogens is 1. The van der Waals surface area contributed by atoms with Gasteiger partial charge >= 0.3 is 0 Å². The van der Waals surface area contributed by atoms with Gasteiger partial charge in [0.2, 0.25) is 10.0 Å². The molecule has 21 heavy (non-hydrogen) atoms. The first kappa shape index (κ1) is 15.9. The van der Waals surface area contributed by atoms with E-state index in [1.54, 1.807) is 12.1 Å². The molecule has 112 valence electrons. The van der Waals surface area contributed by atoms with Crippen molar-refractivity contribution in [2.24, 2.45) is 0 Å². The van der Waals surface area contributed by atoms with Crippen LogP contribution in [0.3, 0.4) is 0 Å². The number of sulfonamides is 1. The molecule has 0 radical (unpaired) electrons. The molecule has 0 bridgehead atoms. The van der Waals surface area contributed by atoms with E-state index in [9.17, 15) is 8.42 Å². The van der Waals surface area contributed by atoms with Crippen LogP contribution in [0.2, 0.25) is 5.02 Å². The van der Waals surface area contributed by atoms with E-state index in [1.165, 1.54) is 12.1 Å². The van der Waals surface area contributed by atoms with Crippen molar-refractivity contribution in [2.75, 3.05) is 6.54 Å². The molecule has 0 aliphatic carbocycles. The number of rotatable bonds is 5. The van der Waals surface area contributed by atoms with Gasteiger partial charge in [0.05, 0.1) is 4.90 Å². The molecule has 2 rings (SSSR count). The Hall–Kier alpha value is -1.50. The molecule has 0 atom stereocenters. The lowest BCUT2D eigenvalue weighted by atomic mass is 10.3. The van der Waals surface area contributed by atoms with Crippen LogP contribution in [0, 0.1) is 13.8 Å². The fourth-order valence-electron chi connectivity index (χ4n) is 1.93. The Bertz CT molecular complexity index is 727. The Labute approximate surface area is 129 Å². The number of benzene rings is 1. The standard InChI is InChI=1S/C14H16ClN3O2S/c1-10-8-11(2)18-14(17-10)6-7-16-21(19,20)13-5-3-4-12(15)9-13/h3-5,8-9,16H,6-7H2,1-2H3. The van der Waals surface area contributed by atoms with E-state index in [1.807, 2.05) is 19.9 Å². The summed E-state index contributed by atoms with van der Waals surface area (Å²) in [7, 11) is -3.56. The van der Waals surface area contributed by atoms with Crippen molar-refractivity contribution < 1.29 is 8.42 Å². The van der Waals surface area contributed by atoms with E-state index < -0.39 is 10.0 Å². The molecule has 0 saturated carbocycles. The Morgan fingerprint density at radius 2 is 1.81 bits per heavy atom. The maximum absolute atomic E-state index is 12.1. The molecule has 0 amide bonds. The second kappa shape index (κ2) is 6.51. The molecule has 5 nitrogen and oxygen atoms in total. The number of hydrogen-bond acceptors (Lipinski definition) is 4. The monoisotopic (exact) mass is 325 g/mol. The van der Waals surface area contributed by atoms with Crippen molar-refractivity contribution >= 4 is 21.6 Å². The maximum Gasteiger partial charge on any atom is 0.240 e. The lowest BCUT2D eigenvalue weighted by Gasteiger charge is -2.07. The van der Waals surface area contributed by atoms with E-state index in [0.717, 1.165) is 11.4 Å². The van der Waals surface area contributed by atoms with E-state index in [-0.39, 0.29) is 11.4 Å². The van der Waals surface area contributed by atoms with Gasteiger partial charge in [0.1, 0.15) is 5.82 Å². The minimum atomic E-state index is -3.56. The third-order valence-corrected chi connectivity index (χ3v) is 4.47. The second-order valence-electron chi connectivity index (χ2n) is 4.67. The first-order valence-electron chi connectivity index (χ1n) is 6.43. The molecule has 2 aromatic rings. The molecule has 1 N–H and O–H groups in total. The lowest BCUT2D eigenvalue weighted by molar-refractivity contribution is 0.580. The summed E-state index contributed by atoms with van der Waals surface area (Å²) in [5.41, 5.74) is 1.74. The predicted octanol–water partition coefficient (Wildman–Crippen LogP) is 2.27. The van der Waals surface area contributed by atoms with Crippen LogP contribution in [0.5, 0.6) is 0 Å². The fraction of sp³-hybridized carbons (Fsp3) is 0.286. The van der Waals surface area contributed by atoms with Gasteiger partial charge in [0, 0.05) is 29.4 Å². The Morgan fingerprint density at radius 1 is 1.14 bits per heavy atom. The first-order chi connectivity index (χ1) is 9.87. The van der Waals surface area contributed by atoms with Crippen molar-refractivity contribution in [1.29, 1.82) is 0 Å². The zero-order valence-corrected chi connectivity index (χ0v) is 13.4. The molecular formula is C14H16ClN3O2S. The third kappa shape index (κ3) is 4.49. The van der Waals surface area contributed by atoms with Crippen molar-refractivity contribution in [3.05, 3.63) is 52.6 Å². The second-order valence-corrected chi connectivity index (χ2v) is 6.88. The minimum absolute atomic E-state index is 0.149. The van der Waals surface area contributed by atoms with Crippen LogP contribution in [0.15, 0.2) is 35.2 Å². The SMILES string of the molecule is Cc1cc(C)nc(CCNS(=O)(=O)c2cccc(Cl)c2)n1. The molecule has 0 fully saturated rings. The van der Waals surface area contributed by atoms with Gasteiger partial charge in [-0.3, -0.25) is 0 Å². The zero-order valence-electron chi connectivity index (χ0n) is 11.8. The molecule has 0 spiro atoms. The van der Waals surface area contributed by atoms with Gasteiger partial charge in [-0.15, -0.1) is 0 Å². The number of nitrogens with one attached hydrogen (secondary N) is 1. The number of hydrogen-bond donors (Lipinski definition) is 1. The highest BCUT2D eigenvalue weighted by atomic mass is 35.5. The summed E-state index contributed by atoms with van der Waals surface area (Å²) >= 11 is 5.80. The van der Waals surface area contributed by atoms with Crippen molar-refractivity contribution in [2.45, 2.75) is 25.2 Å². The minimum Gasteiger partial charge on any atom is -0.238 e. The van der Waals surface area contributed by atoms with Gasteiger partial charge in [-0.2, -0.15) is 0 Å². The number of nitrogens with zero attached hydrogens (tertiary/aromatic N) is 2. The third-order valence-electron chi connectivity index (χ3n) is 2.78. The Kier molecular flexibility index (Phi) is 4.92. The van der Waals surface area contributed by atoms with Gasteiger partial charge in [-0.25, -0.2) is 23.1 Å². The molecule has 0 aliphatic rings. The van der Waals surface area contributed by atoms with E-state index in [2.05, 4.69) is 14.7 Å². The molecule has 0 aliphatic heterocycles. The molecular weight excluding hydrogens is 310 g/mol. The van der Waals surface area contributed by atoms with E-state index >= 15 is 0 Å². The van der Waals surface area contributed by atoms with Crippen LogP contribution in [-0.4, -0.2) is 24.9 Å². The van der Waals surface area contributed by atoms with Gasteiger partial charge in [0.15, 0.2) is 0 Å². The molecule has 0 saturated heterocycles. The summed E-state index contributed by atoms with van der Waals surface area (Å²) in [5, 5.41) is 0.385. The highest BCUT2D eigenvalue weighted by Gasteiger charge is 2.13. The molecule has 1 heterocycles. The predicted molar refractivity (Wildman–Crippen MR) is 81.9 cm³/mol. The summed E-state index contributed by atoms with van der Waals surface area (Å²) in [6.45, 7) is 4.00. The summed E-state index contributed by atoms with van der Waals surface area (Å²) in [5.74, 6) is 0.626. The normalized spacial score (nSPS) is 11.6. The highest BCUT2D eigenvalue weighted by Crippen LogP contribution is 2.15. The lowest BCUT2D eigenvalue weighted by Crippen LogP contribution is -2.26.